The van der Waals surface area contributed by atoms with Gasteiger partial charge in [-0.05, 0) is 37.0 Å². The fraction of sp³-hybridized carbons (Fsp3) is 0.526. The number of piperidine rings is 1. The maximum absolute atomic E-state index is 11.7. The Morgan fingerprint density at radius 2 is 2.23 bits per heavy atom. The standard InChI is InChI=1S/C19H26N8O2S.ClH/c1-11-8-13(15-16(20)17(18(21)28)30-19(15)22-11)27-6-3-4-12(9-27)10-29-7-5-14-23-25-26(2)24-14;/h8,12H,3-7,9-10,20H2,1-2H3,(H2,21,28);1H/t12-;/m0./s1. The molecule has 3 aromatic rings. The molecule has 12 heteroatoms. The normalized spacial score (nSPS) is 16.5. The van der Waals surface area contributed by atoms with E-state index < -0.39 is 5.91 Å². The Labute approximate surface area is 190 Å². The molecule has 168 valence electrons. The van der Waals surface area contributed by atoms with Gasteiger partial charge < -0.3 is 21.1 Å². The zero-order chi connectivity index (χ0) is 21.3. The number of rotatable bonds is 7. The van der Waals surface area contributed by atoms with Gasteiger partial charge in [0, 0.05) is 25.2 Å². The first-order chi connectivity index (χ1) is 14.4. The minimum absolute atomic E-state index is 0. The van der Waals surface area contributed by atoms with Gasteiger partial charge in [0.15, 0.2) is 5.82 Å². The number of hydrogen-bond donors (Lipinski definition) is 2. The van der Waals surface area contributed by atoms with E-state index in [2.05, 4.69) is 25.3 Å². The molecule has 4 heterocycles. The van der Waals surface area contributed by atoms with Gasteiger partial charge in [-0.15, -0.1) is 33.9 Å². The van der Waals surface area contributed by atoms with Crippen molar-refractivity contribution >= 4 is 51.2 Å². The highest BCUT2D eigenvalue weighted by Crippen LogP contribution is 2.40. The highest BCUT2D eigenvalue weighted by molar-refractivity contribution is 7.21. The van der Waals surface area contributed by atoms with E-state index in [1.807, 2.05) is 13.0 Å². The largest absolute Gasteiger partial charge is 0.397 e. The van der Waals surface area contributed by atoms with E-state index in [0.717, 1.165) is 47.5 Å². The second-order valence-corrected chi connectivity index (χ2v) is 8.65. The Hall–Kier alpha value is -2.50. The molecule has 0 aliphatic carbocycles. The molecule has 1 atom stereocenters. The summed E-state index contributed by atoms with van der Waals surface area (Å²) in [6, 6.07) is 2.04. The quantitative estimate of drug-likeness (QED) is 0.502. The molecule has 0 unspecified atom stereocenters. The third-order valence-corrected chi connectivity index (χ3v) is 6.38. The Morgan fingerprint density at radius 3 is 2.94 bits per heavy atom. The van der Waals surface area contributed by atoms with Gasteiger partial charge in [0.05, 0.1) is 37.0 Å². The van der Waals surface area contributed by atoms with Crippen LogP contribution >= 0.6 is 23.7 Å². The summed E-state index contributed by atoms with van der Waals surface area (Å²) in [6.45, 7) is 4.99. The van der Waals surface area contributed by atoms with Crippen molar-refractivity contribution in [1.82, 2.24) is 25.2 Å². The van der Waals surface area contributed by atoms with Gasteiger partial charge in [-0.1, -0.05) is 0 Å². The average Bonchev–Trinajstić information content (AvgIpc) is 3.28. The number of primary amides is 1. The molecule has 3 aromatic heterocycles. The number of halogens is 1. The molecule has 4 rings (SSSR count). The minimum atomic E-state index is -0.512. The lowest BCUT2D eigenvalue weighted by Crippen LogP contribution is -2.37. The number of carbonyl (C=O) groups is 1. The van der Waals surface area contributed by atoms with Crippen molar-refractivity contribution in [2.45, 2.75) is 26.2 Å². The number of nitrogens with two attached hydrogens (primary N) is 2. The van der Waals surface area contributed by atoms with Gasteiger partial charge in [-0.2, -0.15) is 4.80 Å². The molecule has 0 spiro atoms. The number of anilines is 2. The number of hydrogen-bond acceptors (Lipinski definition) is 9. The van der Waals surface area contributed by atoms with E-state index in [4.69, 9.17) is 16.2 Å². The van der Waals surface area contributed by atoms with Crippen LogP contribution in [0.4, 0.5) is 11.4 Å². The number of aromatic nitrogens is 5. The van der Waals surface area contributed by atoms with Crippen molar-refractivity contribution < 1.29 is 9.53 Å². The summed E-state index contributed by atoms with van der Waals surface area (Å²) in [4.78, 5) is 21.2. The Morgan fingerprint density at radius 1 is 1.42 bits per heavy atom. The monoisotopic (exact) mass is 466 g/mol. The third-order valence-electron chi connectivity index (χ3n) is 5.26. The van der Waals surface area contributed by atoms with E-state index >= 15 is 0 Å². The van der Waals surface area contributed by atoms with Crippen LogP contribution in [0.2, 0.25) is 0 Å². The number of nitrogen functional groups attached to an aromatic ring is 1. The van der Waals surface area contributed by atoms with Crippen LogP contribution in [0, 0.1) is 12.8 Å². The zero-order valence-corrected chi connectivity index (χ0v) is 19.2. The first-order valence-electron chi connectivity index (χ1n) is 9.97. The van der Waals surface area contributed by atoms with Crippen LogP contribution in [0.5, 0.6) is 0 Å². The summed E-state index contributed by atoms with van der Waals surface area (Å²) in [6.07, 6.45) is 2.82. The van der Waals surface area contributed by atoms with Crippen LogP contribution in [-0.4, -0.2) is 57.4 Å². The summed E-state index contributed by atoms with van der Waals surface area (Å²) in [5.74, 6) is 0.588. The van der Waals surface area contributed by atoms with Crippen LogP contribution in [0.1, 0.15) is 34.0 Å². The average molecular weight is 467 g/mol. The lowest BCUT2D eigenvalue weighted by atomic mass is 9.98. The van der Waals surface area contributed by atoms with Gasteiger partial charge in [-0.25, -0.2) is 4.98 Å². The summed E-state index contributed by atoms with van der Waals surface area (Å²) in [7, 11) is 1.75. The van der Waals surface area contributed by atoms with Crippen LogP contribution in [0.3, 0.4) is 0 Å². The van der Waals surface area contributed by atoms with E-state index in [-0.39, 0.29) is 12.4 Å². The van der Waals surface area contributed by atoms with Crippen molar-refractivity contribution in [3.8, 4) is 0 Å². The lowest BCUT2D eigenvalue weighted by Gasteiger charge is -2.35. The molecule has 10 nitrogen and oxygen atoms in total. The van der Waals surface area contributed by atoms with E-state index in [1.165, 1.54) is 16.1 Å². The van der Waals surface area contributed by atoms with Gasteiger partial charge in [-0.3, -0.25) is 4.79 Å². The number of nitrogens with zero attached hydrogens (tertiary/aromatic N) is 6. The number of ether oxygens (including phenoxy) is 1. The van der Waals surface area contributed by atoms with Crippen LogP contribution in [0.15, 0.2) is 6.07 Å². The Bertz CT molecular complexity index is 1070. The molecular formula is C19H27ClN8O2S. The van der Waals surface area contributed by atoms with Gasteiger partial charge in [0.2, 0.25) is 0 Å². The number of amides is 1. The molecule has 1 fully saturated rings. The molecule has 0 saturated carbocycles. The first kappa shape index (κ1) is 23.2. The Balaban J connectivity index is 0.00000272. The molecule has 31 heavy (non-hydrogen) atoms. The Kier molecular flexibility index (Phi) is 7.29. The highest BCUT2D eigenvalue weighted by Gasteiger charge is 2.25. The maximum Gasteiger partial charge on any atom is 0.260 e. The van der Waals surface area contributed by atoms with Crippen molar-refractivity contribution in [2.24, 2.45) is 18.7 Å². The predicted molar refractivity (Wildman–Crippen MR) is 123 cm³/mol. The molecule has 4 N–H and O–H groups in total. The number of fused-ring (bicyclic) bond motifs is 1. The van der Waals surface area contributed by atoms with Gasteiger partial charge >= 0.3 is 0 Å². The minimum Gasteiger partial charge on any atom is -0.397 e. The smallest absolute Gasteiger partial charge is 0.260 e. The van der Waals surface area contributed by atoms with E-state index in [0.29, 0.717) is 41.9 Å². The molecule has 0 aromatic carbocycles. The summed E-state index contributed by atoms with van der Waals surface area (Å²) in [5, 5.41) is 12.8. The number of thiophene rings is 1. The maximum atomic E-state index is 11.7. The third kappa shape index (κ3) is 5.05. The van der Waals surface area contributed by atoms with E-state index in [1.54, 1.807) is 7.05 Å². The second-order valence-electron chi connectivity index (χ2n) is 7.65. The van der Waals surface area contributed by atoms with Crippen molar-refractivity contribution in [3.05, 3.63) is 22.5 Å². The molecule has 1 aliphatic rings. The molecule has 1 aliphatic heterocycles. The van der Waals surface area contributed by atoms with Gasteiger partial charge in [0.1, 0.15) is 9.71 Å². The first-order valence-corrected chi connectivity index (χ1v) is 10.8. The second kappa shape index (κ2) is 9.75. The SMILES string of the molecule is Cc1cc(N2CCC[C@H](COCCc3nnn(C)n3)C2)c2c(N)c(C(N)=O)sc2n1.Cl. The molecular weight excluding hydrogens is 440 g/mol. The van der Waals surface area contributed by atoms with Crippen molar-refractivity contribution in [1.29, 1.82) is 0 Å². The van der Waals surface area contributed by atoms with Crippen LogP contribution in [0.25, 0.3) is 10.2 Å². The fourth-order valence-corrected chi connectivity index (χ4v) is 4.92. The number of tetrazole rings is 1. The molecule has 1 saturated heterocycles. The molecule has 0 radical (unpaired) electrons. The van der Waals surface area contributed by atoms with Crippen LogP contribution < -0.4 is 16.4 Å². The highest BCUT2D eigenvalue weighted by atomic mass is 35.5. The van der Waals surface area contributed by atoms with Gasteiger partial charge in [0.25, 0.3) is 5.91 Å². The fourth-order valence-electron chi connectivity index (χ4n) is 3.91. The topological polar surface area (TPSA) is 138 Å². The van der Waals surface area contributed by atoms with E-state index in [9.17, 15) is 4.79 Å². The number of carbonyl (C=O) groups excluding carboxylic acids is 1. The van der Waals surface area contributed by atoms with Crippen LogP contribution in [-0.2, 0) is 18.2 Å². The van der Waals surface area contributed by atoms with Crippen molar-refractivity contribution in [3.63, 3.8) is 0 Å². The summed E-state index contributed by atoms with van der Waals surface area (Å²) < 4.78 is 5.90. The predicted octanol–water partition coefficient (Wildman–Crippen LogP) is 1.71. The summed E-state index contributed by atoms with van der Waals surface area (Å²) in [5.41, 5.74) is 14.1. The zero-order valence-electron chi connectivity index (χ0n) is 17.6. The van der Waals surface area contributed by atoms with Crippen molar-refractivity contribution in [2.75, 3.05) is 36.9 Å². The molecule has 1 amide bonds. The lowest BCUT2D eigenvalue weighted by molar-refractivity contribution is 0.0949. The molecule has 0 bridgehead atoms. The number of pyridine rings is 1. The summed E-state index contributed by atoms with van der Waals surface area (Å²) >= 11 is 1.26. The number of aryl methyl sites for hydroxylation is 2.